The summed E-state index contributed by atoms with van der Waals surface area (Å²) in [5.41, 5.74) is 3.14. The van der Waals surface area contributed by atoms with Crippen LogP contribution in [0.1, 0.15) is 21.7 Å². The van der Waals surface area contributed by atoms with Crippen LogP contribution in [0.5, 0.6) is 5.75 Å². The van der Waals surface area contributed by atoms with Gasteiger partial charge < -0.3 is 9.64 Å². The summed E-state index contributed by atoms with van der Waals surface area (Å²) in [6.07, 6.45) is 6.22. The van der Waals surface area contributed by atoms with Gasteiger partial charge in [0, 0.05) is 30.2 Å². The Hall–Kier alpha value is -2.92. The monoisotopic (exact) mass is 376 g/mol. The zero-order chi connectivity index (χ0) is 18.5. The summed E-state index contributed by atoms with van der Waals surface area (Å²) in [4.78, 5) is 20.0. The number of hydrogen-bond acceptors (Lipinski definition) is 4. The third kappa shape index (κ3) is 4.44. The average Bonchev–Trinajstić information content (AvgIpc) is 3.20. The van der Waals surface area contributed by atoms with Crippen molar-refractivity contribution >= 4 is 23.3 Å². The number of carbonyl (C=O) groups is 1. The van der Waals surface area contributed by atoms with Crippen LogP contribution in [0, 0.1) is 0 Å². The number of thiophene rings is 1. The molecule has 0 radical (unpaired) electrons. The van der Waals surface area contributed by atoms with Crippen LogP contribution in [-0.2, 0) is 24.4 Å². The summed E-state index contributed by atoms with van der Waals surface area (Å²) in [5, 5.41) is 2.10. The lowest BCUT2D eigenvalue weighted by molar-refractivity contribution is -0.126. The minimum absolute atomic E-state index is 0.0577. The molecule has 0 saturated heterocycles. The number of pyridine rings is 1. The third-order valence-electron chi connectivity index (χ3n) is 4.53. The second-order valence-electron chi connectivity index (χ2n) is 6.39. The van der Waals surface area contributed by atoms with Gasteiger partial charge in [-0.3, -0.25) is 9.78 Å². The van der Waals surface area contributed by atoms with Crippen LogP contribution >= 0.6 is 11.3 Å². The SMILES string of the molecule is O=C(/C=C/c1ccc(OCc2ccccn2)cc1)N1CCc2sccc2C1. The van der Waals surface area contributed by atoms with E-state index in [0.717, 1.165) is 30.0 Å². The Bertz CT molecular complexity index is 932. The van der Waals surface area contributed by atoms with E-state index in [4.69, 9.17) is 4.74 Å². The highest BCUT2D eigenvalue weighted by atomic mass is 32.1. The normalized spacial score (nSPS) is 13.6. The van der Waals surface area contributed by atoms with E-state index in [0.29, 0.717) is 13.2 Å². The van der Waals surface area contributed by atoms with E-state index in [2.05, 4.69) is 16.4 Å². The largest absolute Gasteiger partial charge is 0.487 e. The third-order valence-corrected chi connectivity index (χ3v) is 5.55. The van der Waals surface area contributed by atoms with E-state index in [1.165, 1.54) is 10.4 Å². The maximum Gasteiger partial charge on any atom is 0.246 e. The summed E-state index contributed by atoms with van der Waals surface area (Å²) < 4.78 is 5.73. The molecule has 1 aliphatic heterocycles. The van der Waals surface area contributed by atoms with Crippen LogP contribution in [0.25, 0.3) is 6.08 Å². The van der Waals surface area contributed by atoms with Gasteiger partial charge >= 0.3 is 0 Å². The van der Waals surface area contributed by atoms with Crippen molar-refractivity contribution in [3.63, 3.8) is 0 Å². The highest BCUT2D eigenvalue weighted by Gasteiger charge is 2.19. The van der Waals surface area contributed by atoms with Gasteiger partial charge in [0.1, 0.15) is 12.4 Å². The van der Waals surface area contributed by atoms with Crippen molar-refractivity contribution in [3.05, 3.63) is 87.9 Å². The molecule has 0 spiro atoms. The van der Waals surface area contributed by atoms with Crippen LogP contribution in [0.2, 0.25) is 0 Å². The highest BCUT2D eigenvalue weighted by molar-refractivity contribution is 7.10. The van der Waals surface area contributed by atoms with Crippen LogP contribution in [0.15, 0.2) is 66.2 Å². The predicted molar refractivity (Wildman–Crippen MR) is 107 cm³/mol. The number of aromatic nitrogens is 1. The molecule has 4 nitrogen and oxygen atoms in total. The summed E-state index contributed by atoms with van der Waals surface area (Å²) in [7, 11) is 0. The summed E-state index contributed by atoms with van der Waals surface area (Å²) in [6, 6.07) is 15.6. The fourth-order valence-electron chi connectivity index (χ4n) is 3.03. The number of nitrogens with zero attached hydrogens (tertiary/aromatic N) is 2. The number of amides is 1. The van der Waals surface area contributed by atoms with E-state index in [9.17, 15) is 4.79 Å². The number of carbonyl (C=O) groups excluding carboxylic acids is 1. The van der Waals surface area contributed by atoms with Crippen molar-refractivity contribution in [2.75, 3.05) is 6.54 Å². The first kappa shape index (κ1) is 17.5. The molecule has 0 fully saturated rings. The summed E-state index contributed by atoms with van der Waals surface area (Å²) in [6.45, 7) is 1.94. The molecular weight excluding hydrogens is 356 g/mol. The van der Waals surface area contributed by atoms with E-state index in [1.807, 2.05) is 53.4 Å². The van der Waals surface area contributed by atoms with Gasteiger partial charge in [-0.05, 0) is 59.3 Å². The smallest absolute Gasteiger partial charge is 0.246 e. The fourth-order valence-corrected chi connectivity index (χ4v) is 3.92. The quantitative estimate of drug-likeness (QED) is 0.623. The zero-order valence-electron chi connectivity index (χ0n) is 14.9. The molecule has 0 atom stereocenters. The number of fused-ring (bicyclic) bond motifs is 1. The van der Waals surface area contributed by atoms with Crippen LogP contribution in [0.3, 0.4) is 0 Å². The number of rotatable bonds is 5. The highest BCUT2D eigenvalue weighted by Crippen LogP contribution is 2.24. The molecule has 4 rings (SSSR count). The van der Waals surface area contributed by atoms with Crippen LogP contribution < -0.4 is 4.74 Å². The molecule has 0 aliphatic carbocycles. The van der Waals surface area contributed by atoms with Gasteiger partial charge in [0.05, 0.1) is 5.69 Å². The van der Waals surface area contributed by atoms with Gasteiger partial charge in [0.2, 0.25) is 5.91 Å². The molecule has 1 aromatic carbocycles. The number of benzene rings is 1. The van der Waals surface area contributed by atoms with Crippen LogP contribution in [0.4, 0.5) is 0 Å². The molecule has 0 bridgehead atoms. The fraction of sp³-hybridized carbons (Fsp3) is 0.182. The van der Waals surface area contributed by atoms with Gasteiger partial charge in [0.25, 0.3) is 0 Å². The Morgan fingerprint density at radius 2 is 2.07 bits per heavy atom. The van der Waals surface area contributed by atoms with E-state index in [1.54, 1.807) is 23.6 Å². The minimum Gasteiger partial charge on any atom is -0.487 e. The molecule has 1 aliphatic rings. The van der Waals surface area contributed by atoms with Crippen molar-refractivity contribution in [1.82, 2.24) is 9.88 Å². The van der Waals surface area contributed by atoms with Crippen LogP contribution in [-0.4, -0.2) is 22.3 Å². The van der Waals surface area contributed by atoms with Gasteiger partial charge in [0.15, 0.2) is 0 Å². The number of hydrogen-bond donors (Lipinski definition) is 0. The lowest BCUT2D eigenvalue weighted by Gasteiger charge is -2.25. The second kappa shape index (κ2) is 8.18. The minimum atomic E-state index is 0.0577. The molecule has 0 saturated carbocycles. The standard InChI is InChI=1S/C22H20N2O2S/c25-22(24-13-10-21-18(15-24)11-14-27-21)9-6-17-4-7-20(8-5-17)26-16-19-3-1-2-12-23-19/h1-9,11-12,14H,10,13,15-16H2/b9-6+. The van der Waals surface area contributed by atoms with Gasteiger partial charge in [-0.1, -0.05) is 18.2 Å². The Morgan fingerprint density at radius 3 is 2.89 bits per heavy atom. The van der Waals surface area contributed by atoms with E-state index >= 15 is 0 Å². The van der Waals surface area contributed by atoms with Gasteiger partial charge in [-0.15, -0.1) is 11.3 Å². The molecule has 27 heavy (non-hydrogen) atoms. The van der Waals surface area contributed by atoms with Crippen molar-refractivity contribution < 1.29 is 9.53 Å². The molecular formula is C22H20N2O2S. The second-order valence-corrected chi connectivity index (χ2v) is 7.39. The summed E-state index contributed by atoms with van der Waals surface area (Å²) in [5.74, 6) is 0.840. The summed E-state index contributed by atoms with van der Waals surface area (Å²) >= 11 is 1.78. The zero-order valence-corrected chi connectivity index (χ0v) is 15.7. The maximum atomic E-state index is 12.4. The molecule has 0 N–H and O–H groups in total. The molecule has 0 unspecified atom stereocenters. The molecule has 2 aromatic heterocycles. The van der Waals surface area contributed by atoms with E-state index < -0.39 is 0 Å². The number of ether oxygens (including phenoxy) is 1. The Morgan fingerprint density at radius 1 is 1.19 bits per heavy atom. The van der Waals surface area contributed by atoms with Crippen molar-refractivity contribution in [3.8, 4) is 5.75 Å². The first-order chi connectivity index (χ1) is 13.3. The average molecular weight is 376 g/mol. The molecule has 3 aromatic rings. The Kier molecular flexibility index (Phi) is 5.30. The van der Waals surface area contributed by atoms with Gasteiger partial charge in [-0.25, -0.2) is 0 Å². The lowest BCUT2D eigenvalue weighted by atomic mass is 10.1. The molecule has 1 amide bonds. The molecule has 5 heteroatoms. The van der Waals surface area contributed by atoms with Crippen molar-refractivity contribution in [1.29, 1.82) is 0 Å². The van der Waals surface area contributed by atoms with Gasteiger partial charge in [-0.2, -0.15) is 0 Å². The first-order valence-corrected chi connectivity index (χ1v) is 9.81. The van der Waals surface area contributed by atoms with Crippen molar-refractivity contribution in [2.24, 2.45) is 0 Å². The Balaban J connectivity index is 1.32. The van der Waals surface area contributed by atoms with E-state index in [-0.39, 0.29) is 5.91 Å². The lowest BCUT2D eigenvalue weighted by Crippen LogP contribution is -2.34. The first-order valence-electron chi connectivity index (χ1n) is 8.93. The maximum absolute atomic E-state index is 12.4. The van der Waals surface area contributed by atoms with Crippen molar-refractivity contribution in [2.45, 2.75) is 19.6 Å². The Labute approximate surface area is 162 Å². The molecule has 136 valence electrons. The topological polar surface area (TPSA) is 42.4 Å². The predicted octanol–water partition coefficient (Wildman–Crippen LogP) is 4.32. The molecule has 3 heterocycles.